The van der Waals surface area contributed by atoms with Crippen molar-refractivity contribution in [1.82, 2.24) is 9.80 Å². The molecule has 0 aromatic carbocycles. The molecule has 134 valence electrons. The first-order valence-electron chi connectivity index (χ1n) is 8.62. The minimum Gasteiger partial charge on any atom is -0.373 e. The van der Waals surface area contributed by atoms with Crippen LogP contribution >= 0.6 is 12.4 Å². The van der Waals surface area contributed by atoms with Gasteiger partial charge in [-0.15, -0.1) is 12.4 Å². The maximum Gasteiger partial charge on any atom is 0.235 e. The van der Waals surface area contributed by atoms with Crippen LogP contribution in [0.5, 0.6) is 0 Å². The van der Waals surface area contributed by atoms with E-state index in [1.54, 1.807) is 4.90 Å². The zero-order chi connectivity index (χ0) is 16.1. The zero-order valence-corrected chi connectivity index (χ0v) is 14.4. The molecule has 4 fully saturated rings. The topological polar surface area (TPSA) is 92.9 Å². The van der Waals surface area contributed by atoms with Crippen LogP contribution in [0.15, 0.2) is 0 Å². The number of fused-ring (bicyclic) bond motifs is 5. The summed E-state index contributed by atoms with van der Waals surface area (Å²) in [6, 6.07) is 0.108. The van der Waals surface area contributed by atoms with Crippen LogP contribution in [0.25, 0.3) is 0 Å². The van der Waals surface area contributed by atoms with E-state index in [0.717, 1.165) is 32.2 Å². The Hall–Kier alpha value is -1.18. The molecule has 4 aliphatic rings. The molecule has 0 aliphatic carbocycles. The van der Waals surface area contributed by atoms with Gasteiger partial charge in [-0.2, -0.15) is 0 Å². The lowest BCUT2D eigenvalue weighted by Crippen LogP contribution is -2.42. The summed E-state index contributed by atoms with van der Waals surface area (Å²) in [5, 5.41) is 0. The lowest BCUT2D eigenvalue weighted by molar-refractivity contribution is -0.143. The first-order chi connectivity index (χ1) is 11.1. The highest BCUT2D eigenvalue weighted by Crippen LogP contribution is 2.48. The summed E-state index contributed by atoms with van der Waals surface area (Å²) in [5.74, 6) is -0.900. The van der Waals surface area contributed by atoms with E-state index in [1.807, 2.05) is 0 Å². The van der Waals surface area contributed by atoms with Crippen molar-refractivity contribution >= 4 is 30.1 Å². The lowest BCUT2D eigenvalue weighted by Gasteiger charge is -2.25. The predicted molar refractivity (Wildman–Crippen MR) is 87.2 cm³/mol. The Balaban J connectivity index is 0.00000169. The molecule has 0 spiro atoms. The average molecular weight is 358 g/mol. The van der Waals surface area contributed by atoms with Crippen molar-refractivity contribution in [2.24, 2.45) is 17.6 Å². The van der Waals surface area contributed by atoms with Gasteiger partial charge in [-0.3, -0.25) is 19.3 Å². The third-order valence-corrected chi connectivity index (χ3v) is 5.89. The molecule has 5 unspecified atom stereocenters. The third-order valence-electron chi connectivity index (χ3n) is 5.89. The highest BCUT2D eigenvalue weighted by Gasteiger charge is 2.62. The van der Waals surface area contributed by atoms with Gasteiger partial charge in [0.25, 0.3) is 0 Å². The van der Waals surface area contributed by atoms with Gasteiger partial charge in [0.05, 0.1) is 24.0 Å². The van der Waals surface area contributed by atoms with Crippen LogP contribution in [0.1, 0.15) is 32.1 Å². The van der Waals surface area contributed by atoms with E-state index in [1.165, 1.54) is 4.90 Å². The standard InChI is InChI=1S/C16H23N3O4.ClH/c17-8-9-2-1-6-18(9)12(20)5-7-19-15(21)13-10-3-4-11(23-10)14(13)16(19)22;/h9-11,13-14H,1-8,17H2;1H. The van der Waals surface area contributed by atoms with E-state index < -0.39 is 0 Å². The third kappa shape index (κ3) is 2.53. The number of halogens is 1. The average Bonchev–Trinajstić information content (AvgIpc) is 3.30. The monoisotopic (exact) mass is 357 g/mol. The molecule has 2 bridgehead atoms. The minimum atomic E-state index is -0.306. The number of nitrogens with two attached hydrogens (primary N) is 1. The van der Waals surface area contributed by atoms with E-state index in [9.17, 15) is 14.4 Å². The fraction of sp³-hybridized carbons (Fsp3) is 0.812. The van der Waals surface area contributed by atoms with E-state index in [4.69, 9.17) is 10.5 Å². The molecule has 4 rings (SSSR count). The molecule has 8 heteroatoms. The van der Waals surface area contributed by atoms with Crippen LogP contribution in [0.3, 0.4) is 0 Å². The van der Waals surface area contributed by atoms with Crippen LogP contribution in [0.4, 0.5) is 0 Å². The molecule has 7 nitrogen and oxygen atoms in total. The number of likely N-dealkylation sites (tertiary alicyclic amines) is 2. The number of amides is 3. The van der Waals surface area contributed by atoms with Crippen molar-refractivity contribution < 1.29 is 19.1 Å². The number of carbonyl (C=O) groups excluding carboxylic acids is 3. The van der Waals surface area contributed by atoms with E-state index in [2.05, 4.69) is 0 Å². The zero-order valence-electron chi connectivity index (χ0n) is 13.6. The summed E-state index contributed by atoms with van der Waals surface area (Å²) in [4.78, 5) is 40.5. The number of carbonyl (C=O) groups is 3. The van der Waals surface area contributed by atoms with Crippen molar-refractivity contribution in [2.45, 2.75) is 50.4 Å². The molecular formula is C16H24ClN3O4. The molecule has 0 radical (unpaired) electrons. The SMILES string of the molecule is Cl.NCC1CCCN1C(=O)CCN1C(=O)C2C3CCC(O3)C2C1=O. The predicted octanol–water partition coefficient (Wildman–Crippen LogP) is -0.0896. The van der Waals surface area contributed by atoms with Gasteiger partial charge in [0, 0.05) is 32.1 Å². The number of hydrogen-bond acceptors (Lipinski definition) is 5. The largest absolute Gasteiger partial charge is 0.373 e. The van der Waals surface area contributed by atoms with Crippen molar-refractivity contribution in [1.29, 1.82) is 0 Å². The van der Waals surface area contributed by atoms with Gasteiger partial charge in [-0.05, 0) is 25.7 Å². The Bertz CT molecular complexity index is 529. The van der Waals surface area contributed by atoms with E-state index in [-0.39, 0.29) is 73.2 Å². The van der Waals surface area contributed by atoms with Gasteiger partial charge in [0.2, 0.25) is 17.7 Å². The minimum absolute atomic E-state index is 0. The smallest absolute Gasteiger partial charge is 0.235 e. The summed E-state index contributed by atoms with van der Waals surface area (Å²) in [5.41, 5.74) is 5.70. The van der Waals surface area contributed by atoms with Crippen LogP contribution in [0.2, 0.25) is 0 Å². The highest BCUT2D eigenvalue weighted by atomic mass is 35.5. The van der Waals surface area contributed by atoms with E-state index >= 15 is 0 Å². The normalized spacial score (nSPS) is 37.1. The number of hydrogen-bond donors (Lipinski definition) is 1. The van der Waals surface area contributed by atoms with Gasteiger partial charge in [-0.1, -0.05) is 0 Å². The van der Waals surface area contributed by atoms with Gasteiger partial charge in [-0.25, -0.2) is 0 Å². The molecule has 0 aromatic rings. The number of ether oxygens (including phenoxy) is 1. The fourth-order valence-corrected chi connectivity index (χ4v) is 4.75. The molecule has 0 aromatic heterocycles. The summed E-state index contributed by atoms with van der Waals surface area (Å²) >= 11 is 0. The first kappa shape index (κ1) is 17.6. The maximum absolute atomic E-state index is 12.5. The quantitative estimate of drug-likeness (QED) is 0.710. The Morgan fingerprint density at radius 3 is 2.33 bits per heavy atom. The molecule has 3 amide bonds. The highest BCUT2D eigenvalue weighted by molar-refractivity contribution is 6.06. The summed E-state index contributed by atoms with van der Waals surface area (Å²) in [6.07, 6.45) is 3.65. The second-order valence-electron chi connectivity index (χ2n) is 7.04. The molecule has 4 aliphatic heterocycles. The van der Waals surface area contributed by atoms with Crippen LogP contribution in [-0.4, -0.2) is 65.4 Å². The number of imide groups is 1. The van der Waals surface area contributed by atoms with Gasteiger partial charge < -0.3 is 15.4 Å². The van der Waals surface area contributed by atoms with Gasteiger partial charge >= 0.3 is 0 Å². The van der Waals surface area contributed by atoms with Crippen molar-refractivity contribution in [3.05, 3.63) is 0 Å². The Morgan fingerprint density at radius 2 is 1.75 bits per heavy atom. The first-order valence-corrected chi connectivity index (χ1v) is 8.62. The number of rotatable bonds is 4. The van der Waals surface area contributed by atoms with Crippen LogP contribution in [0, 0.1) is 11.8 Å². The molecule has 4 heterocycles. The fourth-order valence-electron chi connectivity index (χ4n) is 4.75. The van der Waals surface area contributed by atoms with Crippen LogP contribution < -0.4 is 5.73 Å². The molecular weight excluding hydrogens is 334 g/mol. The summed E-state index contributed by atoms with van der Waals surface area (Å²) < 4.78 is 5.71. The second kappa shape index (κ2) is 6.61. The van der Waals surface area contributed by atoms with Crippen molar-refractivity contribution in [3.63, 3.8) is 0 Å². The maximum atomic E-state index is 12.5. The summed E-state index contributed by atoms with van der Waals surface area (Å²) in [6.45, 7) is 1.39. The number of nitrogens with zero attached hydrogens (tertiary/aromatic N) is 2. The molecule has 5 atom stereocenters. The second-order valence-corrected chi connectivity index (χ2v) is 7.04. The molecule has 24 heavy (non-hydrogen) atoms. The van der Waals surface area contributed by atoms with E-state index in [0.29, 0.717) is 6.54 Å². The van der Waals surface area contributed by atoms with Gasteiger partial charge in [0.15, 0.2) is 0 Å². The van der Waals surface area contributed by atoms with Crippen molar-refractivity contribution in [2.75, 3.05) is 19.6 Å². The molecule has 4 saturated heterocycles. The molecule has 2 N–H and O–H groups in total. The van der Waals surface area contributed by atoms with Crippen molar-refractivity contribution in [3.8, 4) is 0 Å². The Labute approximate surface area is 147 Å². The Kier molecular flexibility index (Phi) is 4.86. The van der Waals surface area contributed by atoms with Crippen LogP contribution in [-0.2, 0) is 19.1 Å². The van der Waals surface area contributed by atoms with Gasteiger partial charge in [0.1, 0.15) is 0 Å². The Morgan fingerprint density at radius 1 is 1.12 bits per heavy atom. The summed E-state index contributed by atoms with van der Waals surface area (Å²) in [7, 11) is 0. The lowest BCUT2D eigenvalue weighted by atomic mass is 9.81. The molecule has 0 saturated carbocycles.